The molecule has 2 aliphatic rings. The maximum absolute atomic E-state index is 12.5. The number of nitrogens with one attached hydrogen (secondary N) is 1. The molecule has 6 nitrogen and oxygen atoms in total. The number of hydrogen-bond donors (Lipinski definition) is 1. The molecule has 0 spiro atoms. The zero-order chi connectivity index (χ0) is 18.2. The van der Waals surface area contributed by atoms with Crippen LogP contribution in [0.1, 0.15) is 64.2 Å². The quantitative estimate of drug-likeness (QED) is 0.848. The van der Waals surface area contributed by atoms with Gasteiger partial charge in [0.05, 0.1) is 11.1 Å². The highest BCUT2D eigenvalue weighted by Crippen LogP contribution is 2.23. The van der Waals surface area contributed by atoms with Crippen LogP contribution in [-0.4, -0.2) is 59.7 Å². The number of amides is 3. The summed E-state index contributed by atoms with van der Waals surface area (Å²) in [6.45, 7) is 6.93. The first kappa shape index (κ1) is 17.6. The summed E-state index contributed by atoms with van der Waals surface area (Å²) in [7, 11) is 1.45. The Hall–Kier alpha value is -2.21. The minimum Gasteiger partial charge on any atom is -0.350 e. The van der Waals surface area contributed by atoms with E-state index in [0.717, 1.165) is 18.0 Å². The summed E-state index contributed by atoms with van der Waals surface area (Å²) in [4.78, 5) is 40.0. The highest BCUT2D eigenvalue weighted by Gasteiger charge is 2.33. The minimum atomic E-state index is -0.358. The van der Waals surface area contributed by atoms with E-state index in [2.05, 4.69) is 24.1 Å². The molecule has 1 N–H and O–H groups in total. The zero-order valence-electron chi connectivity index (χ0n) is 15.1. The number of rotatable bonds is 4. The minimum absolute atomic E-state index is 0.112. The Morgan fingerprint density at radius 3 is 2.40 bits per heavy atom. The van der Waals surface area contributed by atoms with Crippen molar-refractivity contribution in [2.45, 2.75) is 38.6 Å². The third-order valence-electron chi connectivity index (χ3n) is 5.25. The molecule has 134 valence electrons. The third kappa shape index (κ3) is 3.31. The number of carbonyl (C=O) groups is 3. The first-order valence-electron chi connectivity index (χ1n) is 8.81. The molecule has 1 fully saturated rings. The average Bonchev–Trinajstić information content (AvgIpc) is 2.84. The lowest BCUT2D eigenvalue weighted by atomic mass is 9.98. The Bertz CT molecular complexity index is 721. The average molecular weight is 343 g/mol. The van der Waals surface area contributed by atoms with Gasteiger partial charge in [-0.1, -0.05) is 6.42 Å². The number of carbonyl (C=O) groups excluding carboxylic acids is 3. The number of likely N-dealkylation sites (tertiary alicyclic amines) is 1. The molecule has 3 rings (SSSR count). The van der Waals surface area contributed by atoms with E-state index in [-0.39, 0.29) is 23.3 Å². The molecule has 0 unspecified atom stereocenters. The number of piperidine rings is 1. The van der Waals surface area contributed by atoms with Crippen molar-refractivity contribution in [2.75, 3.05) is 26.7 Å². The predicted octanol–water partition coefficient (Wildman–Crippen LogP) is 1.91. The number of nitrogens with zero attached hydrogens (tertiary/aromatic N) is 2. The summed E-state index contributed by atoms with van der Waals surface area (Å²) in [5, 5.41) is 2.97. The highest BCUT2D eigenvalue weighted by atomic mass is 16.2. The summed E-state index contributed by atoms with van der Waals surface area (Å²) in [5.41, 5.74) is 0.955. The maximum Gasteiger partial charge on any atom is 0.261 e. The van der Waals surface area contributed by atoms with Gasteiger partial charge >= 0.3 is 0 Å². The van der Waals surface area contributed by atoms with Crippen LogP contribution in [0.5, 0.6) is 0 Å². The number of benzene rings is 1. The molecular formula is C19H25N3O3. The second-order valence-corrected chi connectivity index (χ2v) is 7.47. The van der Waals surface area contributed by atoms with E-state index in [1.165, 1.54) is 32.4 Å². The Kier molecular flexibility index (Phi) is 4.64. The van der Waals surface area contributed by atoms with E-state index >= 15 is 0 Å². The van der Waals surface area contributed by atoms with Crippen molar-refractivity contribution in [3.05, 3.63) is 34.9 Å². The first-order chi connectivity index (χ1) is 11.8. The van der Waals surface area contributed by atoms with E-state index in [1.807, 2.05) is 0 Å². The summed E-state index contributed by atoms with van der Waals surface area (Å²) in [6, 6.07) is 4.68. The molecule has 1 saturated heterocycles. The van der Waals surface area contributed by atoms with Gasteiger partial charge in [-0.15, -0.1) is 0 Å². The van der Waals surface area contributed by atoms with Gasteiger partial charge in [-0.05, 0) is 58.0 Å². The fourth-order valence-electron chi connectivity index (χ4n) is 3.51. The topological polar surface area (TPSA) is 69.7 Å². The number of fused-ring (bicyclic) bond motifs is 1. The summed E-state index contributed by atoms with van der Waals surface area (Å²) >= 11 is 0. The fourth-order valence-corrected chi connectivity index (χ4v) is 3.51. The smallest absolute Gasteiger partial charge is 0.261 e. The van der Waals surface area contributed by atoms with Crippen molar-refractivity contribution in [3.8, 4) is 0 Å². The molecule has 0 bridgehead atoms. The van der Waals surface area contributed by atoms with Crippen LogP contribution in [0.4, 0.5) is 0 Å². The molecule has 0 saturated carbocycles. The van der Waals surface area contributed by atoms with Crippen LogP contribution in [-0.2, 0) is 0 Å². The summed E-state index contributed by atoms with van der Waals surface area (Å²) < 4.78 is 0. The standard InChI is InChI=1S/C19H25N3O3/c1-19(2,22-9-5-4-6-10-22)12-20-16(23)13-7-8-14-15(11-13)18(25)21(3)17(14)24/h7-8,11H,4-6,9-10,12H2,1-3H3,(H,20,23). The van der Waals surface area contributed by atoms with E-state index in [4.69, 9.17) is 0 Å². The van der Waals surface area contributed by atoms with Gasteiger partial charge in [0.2, 0.25) is 0 Å². The lowest BCUT2D eigenvalue weighted by molar-refractivity contribution is 0.0693. The second kappa shape index (κ2) is 6.59. The molecule has 2 heterocycles. The van der Waals surface area contributed by atoms with Gasteiger partial charge in [-0.25, -0.2) is 0 Å². The van der Waals surface area contributed by atoms with Gasteiger partial charge in [-0.3, -0.25) is 24.2 Å². The Labute approximate surface area is 148 Å². The summed E-state index contributed by atoms with van der Waals surface area (Å²) in [6.07, 6.45) is 3.67. The largest absolute Gasteiger partial charge is 0.350 e. The van der Waals surface area contributed by atoms with Crippen molar-refractivity contribution in [1.82, 2.24) is 15.1 Å². The second-order valence-electron chi connectivity index (χ2n) is 7.47. The van der Waals surface area contributed by atoms with Crippen LogP contribution in [0, 0.1) is 0 Å². The summed E-state index contributed by atoms with van der Waals surface area (Å²) in [5.74, 6) is -0.899. The SMILES string of the molecule is CN1C(=O)c2ccc(C(=O)NCC(C)(C)N3CCCCC3)cc2C1=O. The Morgan fingerprint density at radius 1 is 1.08 bits per heavy atom. The van der Waals surface area contributed by atoms with Gasteiger partial charge in [-0.2, -0.15) is 0 Å². The monoisotopic (exact) mass is 343 g/mol. The Morgan fingerprint density at radius 2 is 1.72 bits per heavy atom. The van der Waals surface area contributed by atoms with Crippen LogP contribution in [0.3, 0.4) is 0 Å². The van der Waals surface area contributed by atoms with Gasteiger partial charge < -0.3 is 5.32 Å². The van der Waals surface area contributed by atoms with Crippen LogP contribution in [0.25, 0.3) is 0 Å². The molecule has 0 radical (unpaired) electrons. The molecule has 0 atom stereocenters. The fraction of sp³-hybridized carbons (Fsp3) is 0.526. The van der Waals surface area contributed by atoms with Gasteiger partial charge in [0.25, 0.3) is 17.7 Å². The molecule has 1 aromatic rings. The van der Waals surface area contributed by atoms with Gasteiger partial charge in [0.15, 0.2) is 0 Å². The van der Waals surface area contributed by atoms with Crippen LogP contribution >= 0.6 is 0 Å². The lowest BCUT2D eigenvalue weighted by Crippen LogP contribution is -2.53. The molecule has 0 aliphatic carbocycles. The molecular weight excluding hydrogens is 318 g/mol. The Balaban J connectivity index is 1.68. The van der Waals surface area contributed by atoms with Crippen molar-refractivity contribution in [1.29, 1.82) is 0 Å². The maximum atomic E-state index is 12.5. The van der Waals surface area contributed by atoms with E-state index in [9.17, 15) is 14.4 Å². The van der Waals surface area contributed by atoms with Crippen molar-refractivity contribution < 1.29 is 14.4 Å². The van der Waals surface area contributed by atoms with E-state index in [0.29, 0.717) is 23.2 Å². The normalized spacial score (nSPS) is 18.4. The van der Waals surface area contributed by atoms with E-state index in [1.54, 1.807) is 12.1 Å². The molecule has 0 aromatic heterocycles. The van der Waals surface area contributed by atoms with Gasteiger partial charge in [0.1, 0.15) is 0 Å². The van der Waals surface area contributed by atoms with Crippen molar-refractivity contribution in [2.24, 2.45) is 0 Å². The van der Waals surface area contributed by atoms with Gasteiger partial charge in [0, 0.05) is 24.7 Å². The predicted molar refractivity (Wildman–Crippen MR) is 94.7 cm³/mol. The van der Waals surface area contributed by atoms with Crippen LogP contribution in [0.15, 0.2) is 18.2 Å². The molecule has 6 heteroatoms. The molecule has 3 amide bonds. The molecule has 25 heavy (non-hydrogen) atoms. The third-order valence-corrected chi connectivity index (χ3v) is 5.25. The van der Waals surface area contributed by atoms with E-state index < -0.39 is 0 Å². The number of hydrogen-bond acceptors (Lipinski definition) is 4. The number of imide groups is 1. The van der Waals surface area contributed by atoms with Crippen LogP contribution < -0.4 is 5.32 Å². The first-order valence-corrected chi connectivity index (χ1v) is 8.81. The zero-order valence-corrected chi connectivity index (χ0v) is 15.1. The van der Waals surface area contributed by atoms with Crippen molar-refractivity contribution >= 4 is 17.7 Å². The van der Waals surface area contributed by atoms with Crippen molar-refractivity contribution in [3.63, 3.8) is 0 Å². The lowest BCUT2D eigenvalue weighted by Gasteiger charge is -2.41. The highest BCUT2D eigenvalue weighted by molar-refractivity contribution is 6.21. The molecule has 2 aliphatic heterocycles. The molecule has 1 aromatic carbocycles. The van der Waals surface area contributed by atoms with Crippen LogP contribution in [0.2, 0.25) is 0 Å².